The molecule has 3 rings (SSSR count). The zero-order valence-electron chi connectivity index (χ0n) is 13.3. The first-order chi connectivity index (χ1) is 12.0. The lowest BCUT2D eigenvalue weighted by Gasteiger charge is -2.24. The van der Waals surface area contributed by atoms with Gasteiger partial charge in [-0.05, 0) is 37.1 Å². The van der Waals surface area contributed by atoms with E-state index in [2.05, 4.69) is 9.62 Å². The maximum absolute atomic E-state index is 11.4. The van der Waals surface area contributed by atoms with Crippen LogP contribution in [0.4, 0.5) is 11.4 Å². The van der Waals surface area contributed by atoms with Crippen LogP contribution < -0.4 is 14.4 Å². The molecule has 1 saturated heterocycles. The zero-order valence-corrected chi connectivity index (χ0v) is 15.7. The Bertz CT molecular complexity index is 796. The van der Waals surface area contributed by atoms with Crippen molar-refractivity contribution < 1.29 is 13.5 Å². The van der Waals surface area contributed by atoms with Gasteiger partial charge in [-0.2, -0.15) is 0 Å². The number of rotatable bonds is 6. The van der Waals surface area contributed by atoms with Crippen LogP contribution in [0.25, 0.3) is 0 Å². The van der Waals surface area contributed by atoms with Crippen LogP contribution in [0, 0.1) is 0 Å². The lowest BCUT2D eigenvalue weighted by atomic mass is 10.1. The summed E-state index contributed by atoms with van der Waals surface area (Å²) in [5.41, 5.74) is 1.77. The highest BCUT2D eigenvalue weighted by Gasteiger charge is 2.22. The minimum absolute atomic E-state index is 0.193. The smallest absolute Gasteiger partial charge is 0.259 e. The molecule has 1 atom stereocenters. The van der Waals surface area contributed by atoms with E-state index < -0.39 is 11.3 Å². The van der Waals surface area contributed by atoms with Crippen molar-refractivity contribution in [3.8, 4) is 11.5 Å². The Morgan fingerprint density at radius 3 is 2.52 bits per heavy atom. The summed E-state index contributed by atoms with van der Waals surface area (Å²) < 4.78 is 29.4. The number of hydrogen-bond acceptors (Lipinski definition) is 4. The number of thiocarbonyl (C=S) groups is 1. The Kier molecular flexibility index (Phi) is 5.90. The first-order valence-electron chi connectivity index (χ1n) is 7.78. The van der Waals surface area contributed by atoms with E-state index in [1.54, 1.807) is 6.07 Å². The predicted octanol–water partition coefficient (Wildman–Crippen LogP) is 4.54. The molecular weight excluding hydrogens is 380 g/mol. The molecule has 1 fully saturated rings. The predicted molar refractivity (Wildman–Crippen MR) is 106 cm³/mol. The van der Waals surface area contributed by atoms with Crippen LogP contribution in [0.3, 0.4) is 0 Å². The van der Waals surface area contributed by atoms with Crippen LogP contribution in [0.1, 0.15) is 18.4 Å². The van der Waals surface area contributed by atoms with Gasteiger partial charge in [0.25, 0.3) is 11.3 Å². The van der Waals surface area contributed by atoms with E-state index in [-0.39, 0.29) is 4.32 Å². The first kappa shape index (κ1) is 18.1. The first-order valence-corrected chi connectivity index (χ1v) is 9.67. The molecule has 0 aliphatic carbocycles. The van der Waals surface area contributed by atoms with Gasteiger partial charge in [-0.1, -0.05) is 42.0 Å². The summed E-state index contributed by atoms with van der Waals surface area (Å²) in [5, 5.41) is 0. The molecule has 25 heavy (non-hydrogen) atoms. The number of hydrogen-bond donors (Lipinski definition) is 2. The number of nitrogens with zero attached hydrogens (tertiary/aromatic N) is 1. The lowest BCUT2D eigenvalue weighted by molar-refractivity contribution is 0.484. The third-order valence-corrected chi connectivity index (χ3v) is 4.75. The largest absolute Gasteiger partial charge is 0.453 e. The molecule has 0 aromatic heterocycles. The maximum Gasteiger partial charge on any atom is 0.259 e. The molecule has 2 N–H and O–H groups in total. The number of benzene rings is 2. The summed E-state index contributed by atoms with van der Waals surface area (Å²) in [7, 11) is 0. The van der Waals surface area contributed by atoms with E-state index in [1.807, 2.05) is 36.4 Å². The molecule has 8 heteroatoms. The molecule has 0 bridgehead atoms. The van der Waals surface area contributed by atoms with Gasteiger partial charge in [-0.25, -0.2) is 4.21 Å². The standard InChI is InChI=1S/C17H17ClN2O3S2/c18-17(24)12-10-14(19-25(21)22)16(23-13-6-2-1-3-7-13)15(11-12)20-8-4-5-9-20/h1-3,6-7,10-11,19H,4-5,8-9H2,(H,21,22). The second-order valence-corrected chi connectivity index (χ2v) is 7.32. The number of anilines is 2. The normalized spacial score (nSPS) is 15.0. The molecular formula is C17H17ClN2O3S2. The van der Waals surface area contributed by atoms with E-state index >= 15 is 0 Å². The minimum atomic E-state index is -2.25. The van der Waals surface area contributed by atoms with Crippen molar-refractivity contribution in [2.45, 2.75) is 12.8 Å². The van der Waals surface area contributed by atoms with Crippen LogP contribution in [0.5, 0.6) is 11.5 Å². The van der Waals surface area contributed by atoms with Crippen LogP contribution in [0.15, 0.2) is 42.5 Å². The third kappa shape index (κ3) is 4.49. The Hall–Kier alpha value is -1.67. The molecule has 1 aliphatic rings. The molecule has 0 amide bonds. The van der Waals surface area contributed by atoms with Crippen molar-refractivity contribution in [1.29, 1.82) is 0 Å². The van der Waals surface area contributed by atoms with Crippen molar-refractivity contribution in [3.05, 3.63) is 48.0 Å². The van der Waals surface area contributed by atoms with Crippen molar-refractivity contribution in [2.75, 3.05) is 22.7 Å². The van der Waals surface area contributed by atoms with Crippen molar-refractivity contribution in [1.82, 2.24) is 0 Å². The number of halogens is 1. The highest BCUT2D eigenvalue weighted by Crippen LogP contribution is 2.42. The van der Waals surface area contributed by atoms with Crippen LogP contribution in [0.2, 0.25) is 0 Å². The molecule has 5 nitrogen and oxygen atoms in total. The topological polar surface area (TPSA) is 61.8 Å². The van der Waals surface area contributed by atoms with Gasteiger partial charge in [0.15, 0.2) is 5.75 Å². The summed E-state index contributed by atoms with van der Waals surface area (Å²) in [6, 6.07) is 12.8. The Morgan fingerprint density at radius 2 is 1.92 bits per heavy atom. The molecule has 0 spiro atoms. The van der Waals surface area contributed by atoms with Crippen LogP contribution in [-0.4, -0.2) is 26.2 Å². The van der Waals surface area contributed by atoms with E-state index in [0.29, 0.717) is 22.7 Å². The molecule has 0 saturated carbocycles. The molecule has 1 unspecified atom stereocenters. The highest BCUT2D eigenvalue weighted by molar-refractivity contribution is 7.83. The van der Waals surface area contributed by atoms with Gasteiger partial charge in [-0.15, -0.1) is 0 Å². The summed E-state index contributed by atoms with van der Waals surface area (Å²) in [4.78, 5) is 2.17. The van der Waals surface area contributed by atoms with E-state index in [4.69, 9.17) is 28.6 Å². The van der Waals surface area contributed by atoms with Gasteiger partial charge in [0.2, 0.25) is 0 Å². The third-order valence-electron chi connectivity index (χ3n) is 3.90. The summed E-state index contributed by atoms with van der Waals surface area (Å²) in [6.45, 7) is 1.76. The van der Waals surface area contributed by atoms with Gasteiger partial charge in [0.1, 0.15) is 10.1 Å². The van der Waals surface area contributed by atoms with Crippen molar-refractivity contribution in [2.24, 2.45) is 0 Å². The number of nitrogens with one attached hydrogen (secondary N) is 1. The molecule has 132 valence electrons. The lowest BCUT2D eigenvalue weighted by Crippen LogP contribution is -2.19. The highest BCUT2D eigenvalue weighted by atomic mass is 35.5. The van der Waals surface area contributed by atoms with E-state index in [0.717, 1.165) is 31.6 Å². The van der Waals surface area contributed by atoms with Crippen molar-refractivity contribution in [3.63, 3.8) is 0 Å². The number of ether oxygens (including phenoxy) is 1. The second kappa shape index (κ2) is 8.14. The average molecular weight is 397 g/mol. The fourth-order valence-corrected chi connectivity index (χ4v) is 3.37. The van der Waals surface area contributed by atoms with Crippen molar-refractivity contribution >= 4 is 50.8 Å². The molecule has 1 aliphatic heterocycles. The maximum atomic E-state index is 11.4. The fraction of sp³-hybridized carbons (Fsp3) is 0.235. The zero-order chi connectivity index (χ0) is 17.8. The van der Waals surface area contributed by atoms with Crippen LogP contribution in [-0.2, 0) is 11.3 Å². The van der Waals surface area contributed by atoms with Gasteiger partial charge in [-0.3, -0.25) is 9.27 Å². The Balaban J connectivity index is 2.12. The van der Waals surface area contributed by atoms with Gasteiger partial charge < -0.3 is 9.64 Å². The quantitative estimate of drug-likeness (QED) is 0.426. The fourth-order valence-electron chi connectivity index (χ4n) is 2.80. The van der Waals surface area contributed by atoms with Gasteiger partial charge >= 0.3 is 0 Å². The summed E-state index contributed by atoms with van der Waals surface area (Å²) in [6.07, 6.45) is 2.16. The summed E-state index contributed by atoms with van der Waals surface area (Å²) >= 11 is 8.84. The van der Waals surface area contributed by atoms with E-state index in [1.165, 1.54) is 0 Å². The molecule has 2 aromatic rings. The minimum Gasteiger partial charge on any atom is -0.453 e. The Labute approximate surface area is 159 Å². The Morgan fingerprint density at radius 1 is 1.24 bits per heavy atom. The van der Waals surface area contributed by atoms with Crippen LogP contribution >= 0.6 is 23.8 Å². The average Bonchev–Trinajstić information content (AvgIpc) is 3.11. The second-order valence-electron chi connectivity index (χ2n) is 5.61. The SMILES string of the molecule is O=S(O)Nc1cc(C(=S)Cl)cc(N2CCCC2)c1Oc1ccccc1. The molecule has 2 aromatic carbocycles. The molecule has 1 heterocycles. The van der Waals surface area contributed by atoms with E-state index in [9.17, 15) is 8.76 Å². The molecule has 0 radical (unpaired) electrons. The van der Waals surface area contributed by atoms with Gasteiger partial charge in [0.05, 0.1) is 11.4 Å². The number of para-hydroxylation sites is 1. The van der Waals surface area contributed by atoms with Gasteiger partial charge in [0, 0.05) is 18.7 Å². The summed E-state index contributed by atoms with van der Waals surface area (Å²) in [5.74, 6) is 1.11. The monoisotopic (exact) mass is 396 g/mol.